The summed E-state index contributed by atoms with van der Waals surface area (Å²) in [6, 6.07) is 9.83. The molecule has 0 fully saturated rings. The van der Waals surface area contributed by atoms with Crippen LogP contribution in [0.1, 0.15) is 32.0 Å². The first-order chi connectivity index (χ1) is 18.8. The van der Waals surface area contributed by atoms with Crippen molar-refractivity contribution in [2.24, 2.45) is 0 Å². The number of carbonyl (C=O) groups is 1. The third-order valence-electron chi connectivity index (χ3n) is 5.84. The Hall–Kier alpha value is -3.96. The Morgan fingerprint density at radius 3 is 2.45 bits per heavy atom. The summed E-state index contributed by atoms with van der Waals surface area (Å²) in [5, 5.41) is 8.93. The number of nitrogens with zero attached hydrogens (tertiary/aromatic N) is 3. The van der Waals surface area contributed by atoms with E-state index in [9.17, 15) is 22.4 Å². The van der Waals surface area contributed by atoms with Crippen LogP contribution >= 0.6 is 11.6 Å². The van der Waals surface area contributed by atoms with Crippen LogP contribution in [0, 0.1) is 5.82 Å². The second-order valence-corrected chi connectivity index (χ2v) is 10.3. The van der Waals surface area contributed by atoms with Gasteiger partial charge in [0, 0.05) is 36.3 Å². The number of aromatic nitrogens is 3. The molecule has 2 amide bonds. The number of carbonyl (C=O) groups excluding carboxylic acids is 1. The zero-order valence-electron chi connectivity index (χ0n) is 22.0. The highest BCUT2D eigenvalue weighted by Gasteiger charge is 2.33. The van der Waals surface area contributed by atoms with Crippen molar-refractivity contribution in [3.63, 3.8) is 0 Å². The Morgan fingerprint density at radius 2 is 1.77 bits per heavy atom. The number of nitrogens with one attached hydrogen (secondary N) is 2. The summed E-state index contributed by atoms with van der Waals surface area (Å²) in [6.07, 6.45) is -1.23. The summed E-state index contributed by atoms with van der Waals surface area (Å²) in [6.45, 7) is 6.26. The van der Waals surface area contributed by atoms with Gasteiger partial charge < -0.3 is 15.4 Å². The average Bonchev–Trinajstić information content (AvgIpc) is 3.33. The molecule has 7 nitrogen and oxygen atoms in total. The van der Waals surface area contributed by atoms with Crippen molar-refractivity contribution in [3.05, 3.63) is 83.0 Å². The van der Waals surface area contributed by atoms with Crippen LogP contribution in [0.5, 0.6) is 0 Å². The van der Waals surface area contributed by atoms with Gasteiger partial charge in [0.1, 0.15) is 11.5 Å². The van der Waals surface area contributed by atoms with E-state index < -0.39 is 28.6 Å². The molecule has 0 aliphatic heterocycles. The van der Waals surface area contributed by atoms with Crippen LogP contribution in [0.4, 0.5) is 33.7 Å². The SMILES string of the molecule is COCc1cc(-c2nn(C(C)(C)C)cc2-c2ccc(F)c(NC(=O)Nc3ccc(Cl)c(C(F)(F)F)c3)c2)ccn1. The molecule has 0 aliphatic rings. The lowest BCUT2D eigenvalue weighted by Gasteiger charge is -2.18. The topological polar surface area (TPSA) is 81.1 Å². The molecule has 0 unspecified atom stereocenters. The summed E-state index contributed by atoms with van der Waals surface area (Å²) >= 11 is 5.64. The normalized spacial score (nSPS) is 11.9. The van der Waals surface area contributed by atoms with Crippen LogP contribution in [-0.2, 0) is 23.1 Å². The van der Waals surface area contributed by atoms with Crippen molar-refractivity contribution in [2.75, 3.05) is 17.7 Å². The van der Waals surface area contributed by atoms with Crippen molar-refractivity contribution in [3.8, 4) is 22.4 Å². The Morgan fingerprint density at radius 1 is 1.02 bits per heavy atom. The molecule has 0 aliphatic carbocycles. The number of hydrogen-bond acceptors (Lipinski definition) is 4. The van der Waals surface area contributed by atoms with Crippen LogP contribution in [0.3, 0.4) is 0 Å². The predicted molar refractivity (Wildman–Crippen MR) is 146 cm³/mol. The summed E-state index contributed by atoms with van der Waals surface area (Å²) in [5.41, 5.74) is 1.48. The molecule has 40 heavy (non-hydrogen) atoms. The number of hydrogen-bond donors (Lipinski definition) is 2. The van der Waals surface area contributed by atoms with Gasteiger partial charge >= 0.3 is 12.2 Å². The Bertz CT molecular complexity index is 1550. The molecule has 0 radical (unpaired) electrons. The smallest absolute Gasteiger partial charge is 0.378 e. The molecular formula is C28H26ClF4N5O2. The van der Waals surface area contributed by atoms with Gasteiger partial charge in [-0.2, -0.15) is 18.3 Å². The number of urea groups is 1. The Labute approximate surface area is 233 Å². The molecule has 2 aromatic carbocycles. The van der Waals surface area contributed by atoms with E-state index in [-0.39, 0.29) is 16.9 Å². The highest BCUT2D eigenvalue weighted by atomic mass is 35.5. The Kier molecular flexibility index (Phi) is 8.18. The van der Waals surface area contributed by atoms with Crippen molar-refractivity contribution >= 4 is 29.0 Å². The maximum atomic E-state index is 14.8. The zero-order valence-corrected chi connectivity index (χ0v) is 22.8. The lowest BCUT2D eigenvalue weighted by atomic mass is 10.0. The summed E-state index contributed by atoms with van der Waals surface area (Å²) < 4.78 is 61.3. The van der Waals surface area contributed by atoms with Gasteiger partial charge in [-0.05, 0) is 68.8 Å². The van der Waals surface area contributed by atoms with Crippen molar-refractivity contribution in [1.82, 2.24) is 14.8 Å². The van der Waals surface area contributed by atoms with Gasteiger partial charge in [0.15, 0.2) is 0 Å². The minimum atomic E-state index is -4.71. The molecule has 0 saturated carbocycles. The molecule has 12 heteroatoms. The molecule has 0 saturated heterocycles. The molecule has 2 heterocycles. The summed E-state index contributed by atoms with van der Waals surface area (Å²) in [5.74, 6) is -0.734. The first-order valence-corrected chi connectivity index (χ1v) is 12.4. The number of halogens is 5. The molecule has 2 aromatic heterocycles. The van der Waals surface area contributed by atoms with Crippen molar-refractivity contribution in [1.29, 1.82) is 0 Å². The van der Waals surface area contributed by atoms with Crippen LogP contribution < -0.4 is 10.6 Å². The number of anilines is 2. The fourth-order valence-corrected chi connectivity index (χ4v) is 4.11. The van der Waals surface area contributed by atoms with E-state index in [0.717, 1.165) is 11.6 Å². The van der Waals surface area contributed by atoms with E-state index in [4.69, 9.17) is 21.4 Å². The van der Waals surface area contributed by atoms with E-state index >= 15 is 0 Å². The lowest BCUT2D eigenvalue weighted by molar-refractivity contribution is -0.137. The van der Waals surface area contributed by atoms with Crippen molar-refractivity contribution < 1.29 is 27.1 Å². The van der Waals surface area contributed by atoms with E-state index in [0.29, 0.717) is 35.2 Å². The monoisotopic (exact) mass is 575 g/mol. The van der Waals surface area contributed by atoms with Gasteiger partial charge in [-0.25, -0.2) is 9.18 Å². The number of methoxy groups -OCH3 is 1. The third kappa shape index (κ3) is 6.60. The maximum absolute atomic E-state index is 14.8. The van der Waals surface area contributed by atoms with Crippen LogP contribution in [0.15, 0.2) is 60.9 Å². The lowest BCUT2D eigenvalue weighted by Crippen LogP contribution is -2.22. The van der Waals surface area contributed by atoms with E-state index in [2.05, 4.69) is 15.6 Å². The molecule has 0 atom stereocenters. The standard InChI is InChI=1S/C28H26ClF4N5O2/c1-27(2,3)38-14-20(25(37-38)17-9-10-34-19(11-17)15-40-4)16-5-8-23(30)24(12-16)36-26(39)35-18-6-7-22(29)21(13-18)28(31,32)33/h5-14H,15H2,1-4H3,(H2,35,36,39). The average molecular weight is 576 g/mol. The highest BCUT2D eigenvalue weighted by molar-refractivity contribution is 6.31. The van der Waals surface area contributed by atoms with Gasteiger partial charge in [-0.15, -0.1) is 0 Å². The van der Waals surface area contributed by atoms with E-state index in [1.807, 2.05) is 33.0 Å². The van der Waals surface area contributed by atoms with Gasteiger partial charge in [0.2, 0.25) is 0 Å². The first kappa shape index (κ1) is 29.0. The molecule has 4 aromatic rings. The fourth-order valence-electron chi connectivity index (χ4n) is 3.89. The number of ether oxygens (including phenoxy) is 1. The molecular weight excluding hydrogens is 550 g/mol. The van der Waals surface area contributed by atoms with Crippen LogP contribution in [-0.4, -0.2) is 27.9 Å². The maximum Gasteiger partial charge on any atom is 0.417 e. The minimum absolute atomic E-state index is 0.163. The number of alkyl halides is 3. The Balaban J connectivity index is 1.67. The zero-order chi connectivity index (χ0) is 29.2. The molecule has 4 rings (SSSR count). The van der Waals surface area contributed by atoms with E-state index in [1.165, 1.54) is 18.2 Å². The quantitative estimate of drug-likeness (QED) is 0.228. The second kappa shape index (κ2) is 11.3. The minimum Gasteiger partial charge on any atom is -0.378 e. The predicted octanol–water partition coefficient (Wildman–Crippen LogP) is 7.97. The largest absolute Gasteiger partial charge is 0.417 e. The van der Waals surface area contributed by atoms with Gasteiger partial charge in [0.25, 0.3) is 0 Å². The van der Waals surface area contributed by atoms with Gasteiger partial charge in [0.05, 0.1) is 34.1 Å². The number of benzene rings is 2. The second-order valence-electron chi connectivity index (χ2n) is 9.94. The van der Waals surface area contributed by atoms with Gasteiger partial charge in [-0.3, -0.25) is 9.67 Å². The first-order valence-electron chi connectivity index (χ1n) is 12.1. The highest BCUT2D eigenvalue weighted by Crippen LogP contribution is 2.37. The summed E-state index contributed by atoms with van der Waals surface area (Å²) in [7, 11) is 1.57. The van der Waals surface area contributed by atoms with Gasteiger partial charge in [-0.1, -0.05) is 17.7 Å². The fraction of sp³-hybridized carbons (Fsp3) is 0.250. The van der Waals surface area contributed by atoms with Crippen LogP contribution in [0.25, 0.3) is 22.4 Å². The summed E-state index contributed by atoms with van der Waals surface area (Å²) in [4.78, 5) is 16.9. The molecule has 2 N–H and O–H groups in total. The number of amides is 2. The van der Waals surface area contributed by atoms with E-state index in [1.54, 1.807) is 30.1 Å². The molecule has 210 valence electrons. The van der Waals surface area contributed by atoms with Crippen molar-refractivity contribution in [2.45, 2.75) is 39.1 Å². The van der Waals surface area contributed by atoms with Crippen LogP contribution in [0.2, 0.25) is 5.02 Å². The number of rotatable bonds is 6. The number of pyridine rings is 1. The third-order valence-corrected chi connectivity index (χ3v) is 6.17. The molecule has 0 spiro atoms. The molecule has 0 bridgehead atoms.